The molecule has 0 saturated carbocycles. The molecule has 0 spiro atoms. The van der Waals surface area contributed by atoms with Crippen LogP contribution in [0.25, 0.3) is 0 Å². The molecule has 2 heterocycles. The summed E-state index contributed by atoms with van der Waals surface area (Å²) in [6.45, 7) is 5.62. The predicted molar refractivity (Wildman–Crippen MR) is 115 cm³/mol. The fourth-order valence-corrected chi connectivity index (χ4v) is 2.91. The second-order valence-electron chi connectivity index (χ2n) is 5.06. The molecule has 3 N–H and O–H groups in total. The van der Waals surface area contributed by atoms with E-state index in [2.05, 4.69) is 45.0 Å². The zero-order valence-corrected chi connectivity index (χ0v) is 17.6. The maximum absolute atomic E-state index is 11.9. The summed E-state index contributed by atoms with van der Waals surface area (Å²) in [6.07, 6.45) is 4.32. The van der Waals surface area contributed by atoms with Crippen LogP contribution < -0.4 is 16.0 Å². The Labute approximate surface area is 169 Å². The van der Waals surface area contributed by atoms with Crippen LogP contribution in [0.3, 0.4) is 0 Å². The minimum atomic E-state index is -0.176. The number of aryl methyl sites for hydroxylation is 1. The summed E-state index contributed by atoms with van der Waals surface area (Å²) >= 11 is 1.79. The molecule has 0 radical (unpaired) electrons. The van der Waals surface area contributed by atoms with Crippen molar-refractivity contribution in [3.63, 3.8) is 0 Å². The molecule has 0 aliphatic carbocycles. The highest BCUT2D eigenvalue weighted by atomic mass is 127. The first kappa shape index (κ1) is 21.4. The zero-order valence-electron chi connectivity index (χ0n) is 14.4. The molecule has 2 aromatic heterocycles. The number of halogens is 1. The van der Waals surface area contributed by atoms with Gasteiger partial charge in [0.1, 0.15) is 6.54 Å². The lowest BCUT2D eigenvalue weighted by Crippen LogP contribution is -2.37. The molecule has 0 aromatic carbocycles. The van der Waals surface area contributed by atoms with Gasteiger partial charge < -0.3 is 16.0 Å². The van der Waals surface area contributed by atoms with Gasteiger partial charge in [0.2, 0.25) is 5.91 Å². The van der Waals surface area contributed by atoms with Gasteiger partial charge in [-0.2, -0.15) is 0 Å². The highest BCUT2D eigenvalue weighted by Crippen LogP contribution is 2.16. The second kappa shape index (κ2) is 11.8. The summed E-state index contributed by atoms with van der Waals surface area (Å²) in [7, 11) is 0. The standard InChI is InChI=1S/C17H23N5OS.HI/c1-3-14-7-8-15(24-14)11-20-17(19-4-2)21-12-16(23)22-13-6-5-9-18-10-13;/h5-10H,3-4,11-12H2,1-2H3,(H,22,23)(H2,19,20,21);1H. The third kappa shape index (κ3) is 7.82. The van der Waals surface area contributed by atoms with Crippen molar-refractivity contribution in [2.45, 2.75) is 26.8 Å². The summed E-state index contributed by atoms with van der Waals surface area (Å²) in [5.41, 5.74) is 0.668. The Bertz CT molecular complexity index is 675. The van der Waals surface area contributed by atoms with Crippen molar-refractivity contribution in [3.05, 3.63) is 46.4 Å². The Hall–Kier alpha value is -1.68. The Morgan fingerprint density at radius 3 is 2.64 bits per heavy atom. The maximum atomic E-state index is 11.9. The van der Waals surface area contributed by atoms with Crippen LogP contribution in [-0.2, 0) is 17.8 Å². The van der Waals surface area contributed by atoms with Crippen molar-refractivity contribution in [3.8, 4) is 0 Å². The molecule has 0 atom stereocenters. The lowest BCUT2D eigenvalue weighted by molar-refractivity contribution is -0.114. The molecule has 0 aliphatic heterocycles. The van der Waals surface area contributed by atoms with E-state index in [9.17, 15) is 4.79 Å². The zero-order chi connectivity index (χ0) is 17.2. The number of nitrogens with zero attached hydrogens (tertiary/aromatic N) is 2. The Kier molecular flexibility index (Phi) is 10.1. The average Bonchev–Trinajstić information content (AvgIpc) is 3.06. The van der Waals surface area contributed by atoms with Crippen LogP contribution in [0.5, 0.6) is 0 Å². The van der Waals surface area contributed by atoms with Gasteiger partial charge in [0.15, 0.2) is 5.96 Å². The van der Waals surface area contributed by atoms with Crippen LogP contribution in [0.2, 0.25) is 0 Å². The number of aliphatic imine (C=N–C) groups is 1. The van der Waals surface area contributed by atoms with Gasteiger partial charge in [0, 0.05) is 22.5 Å². The molecule has 1 amide bonds. The van der Waals surface area contributed by atoms with E-state index in [4.69, 9.17) is 0 Å². The van der Waals surface area contributed by atoms with E-state index in [1.807, 2.05) is 6.92 Å². The number of hydrogen-bond acceptors (Lipinski definition) is 4. The Morgan fingerprint density at radius 1 is 1.20 bits per heavy atom. The normalized spacial score (nSPS) is 10.7. The van der Waals surface area contributed by atoms with Gasteiger partial charge in [-0.25, -0.2) is 4.99 Å². The number of aromatic nitrogens is 1. The smallest absolute Gasteiger partial charge is 0.246 e. The lowest BCUT2D eigenvalue weighted by atomic mass is 10.3. The second-order valence-corrected chi connectivity index (χ2v) is 6.31. The summed E-state index contributed by atoms with van der Waals surface area (Å²) in [5.74, 6) is 0.454. The van der Waals surface area contributed by atoms with Crippen LogP contribution in [-0.4, -0.2) is 29.9 Å². The minimum Gasteiger partial charge on any atom is -0.357 e. The maximum Gasteiger partial charge on any atom is 0.246 e. The predicted octanol–water partition coefficient (Wildman–Crippen LogP) is 3.02. The van der Waals surface area contributed by atoms with Crippen LogP contribution in [0.15, 0.2) is 41.7 Å². The number of anilines is 1. The Morgan fingerprint density at radius 2 is 2.00 bits per heavy atom. The fourth-order valence-electron chi connectivity index (χ4n) is 2.01. The van der Waals surface area contributed by atoms with Gasteiger partial charge >= 0.3 is 0 Å². The van der Waals surface area contributed by atoms with Crippen molar-refractivity contribution in [2.24, 2.45) is 4.99 Å². The lowest BCUT2D eigenvalue weighted by Gasteiger charge is -2.10. The first-order valence-electron chi connectivity index (χ1n) is 8.01. The van der Waals surface area contributed by atoms with E-state index in [0.29, 0.717) is 18.2 Å². The molecule has 0 unspecified atom stereocenters. The summed E-state index contributed by atoms with van der Waals surface area (Å²) in [6, 6.07) is 7.83. The summed E-state index contributed by atoms with van der Waals surface area (Å²) in [5, 5.41) is 9.16. The quantitative estimate of drug-likeness (QED) is 0.328. The molecule has 25 heavy (non-hydrogen) atoms. The number of pyridine rings is 1. The molecule has 0 fully saturated rings. The van der Waals surface area contributed by atoms with Crippen molar-refractivity contribution in [2.75, 3.05) is 18.4 Å². The third-order valence-corrected chi connectivity index (χ3v) is 4.40. The van der Waals surface area contributed by atoms with E-state index >= 15 is 0 Å². The van der Waals surface area contributed by atoms with E-state index in [0.717, 1.165) is 13.0 Å². The van der Waals surface area contributed by atoms with Crippen molar-refractivity contribution >= 4 is 52.9 Å². The van der Waals surface area contributed by atoms with Gasteiger partial charge in [-0.15, -0.1) is 35.3 Å². The number of carbonyl (C=O) groups excluding carboxylic acids is 1. The molecule has 136 valence electrons. The molecule has 0 saturated heterocycles. The van der Waals surface area contributed by atoms with Crippen LogP contribution >= 0.6 is 35.3 Å². The molecule has 2 aromatic rings. The largest absolute Gasteiger partial charge is 0.357 e. The highest BCUT2D eigenvalue weighted by Gasteiger charge is 2.04. The number of amides is 1. The van der Waals surface area contributed by atoms with Gasteiger partial charge in [-0.3, -0.25) is 9.78 Å². The number of carbonyl (C=O) groups is 1. The minimum absolute atomic E-state index is 0. The SMILES string of the molecule is CCNC(=NCC(=O)Nc1cccnc1)NCc1ccc(CC)s1.I. The molecule has 6 nitrogen and oxygen atoms in total. The van der Waals surface area contributed by atoms with Gasteiger partial charge in [-0.1, -0.05) is 6.92 Å². The van der Waals surface area contributed by atoms with Crippen LogP contribution in [0.4, 0.5) is 5.69 Å². The number of guanidine groups is 1. The van der Waals surface area contributed by atoms with Crippen LogP contribution in [0.1, 0.15) is 23.6 Å². The highest BCUT2D eigenvalue weighted by molar-refractivity contribution is 14.0. The van der Waals surface area contributed by atoms with Gasteiger partial charge in [0.05, 0.1) is 18.4 Å². The average molecular weight is 473 g/mol. The topological polar surface area (TPSA) is 78.4 Å². The van der Waals surface area contributed by atoms with Crippen molar-refractivity contribution in [1.82, 2.24) is 15.6 Å². The number of nitrogens with one attached hydrogen (secondary N) is 3. The number of rotatable bonds is 7. The Balaban J connectivity index is 0.00000312. The molecule has 2 rings (SSSR count). The van der Waals surface area contributed by atoms with E-state index < -0.39 is 0 Å². The van der Waals surface area contributed by atoms with E-state index in [-0.39, 0.29) is 36.4 Å². The molecule has 0 aliphatic rings. The van der Waals surface area contributed by atoms with E-state index in [1.54, 1.807) is 35.9 Å². The van der Waals surface area contributed by atoms with Crippen LogP contribution in [0, 0.1) is 0 Å². The van der Waals surface area contributed by atoms with Gasteiger partial charge in [0.25, 0.3) is 0 Å². The van der Waals surface area contributed by atoms with Crippen molar-refractivity contribution in [1.29, 1.82) is 0 Å². The first-order chi connectivity index (χ1) is 11.7. The number of hydrogen-bond donors (Lipinski definition) is 3. The first-order valence-corrected chi connectivity index (χ1v) is 8.82. The van der Waals surface area contributed by atoms with E-state index in [1.165, 1.54) is 9.75 Å². The molecular formula is C17H24IN5OS. The molecular weight excluding hydrogens is 449 g/mol. The molecule has 0 bridgehead atoms. The summed E-state index contributed by atoms with van der Waals surface area (Å²) < 4.78 is 0. The van der Waals surface area contributed by atoms with Gasteiger partial charge in [-0.05, 0) is 37.6 Å². The number of thiophene rings is 1. The van der Waals surface area contributed by atoms with Crippen molar-refractivity contribution < 1.29 is 4.79 Å². The fraction of sp³-hybridized carbons (Fsp3) is 0.353. The summed E-state index contributed by atoms with van der Waals surface area (Å²) in [4.78, 5) is 22.8. The third-order valence-electron chi connectivity index (χ3n) is 3.17. The molecule has 8 heteroatoms. The monoisotopic (exact) mass is 473 g/mol.